The van der Waals surface area contributed by atoms with Crippen molar-refractivity contribution in [2.45, 2.75) is 24.8 Å². The van der Waals surface area contributed by atoms with Gasteiger partial charge in [0.1, 0.15) is 0 Å². The van der Waals surface area contributed by atoms with Crippen molar-refractivity contribution in [2.75, 3.05) is 32.2 Å². The van der Waals surface area contributed by atoms with Crippen LogP contribution in [-0.4, -0.2) is 52.2 Å². The molecule has 0 aliphatic heterocycles. The minimum Gasteiger partial charge on any atom is -0.493 e. The number of benzene rings is 2. The van der Waals surface area contributed by atoms with Crippen LogP contribution < -0.4 is 14.4 Å². The van der Waals surface area contributed by atoms with Crippen LogP contribution in [-0.2, 0) is 12.8 Å². The number of hydrogen-bond donors (Lipinski definition) is 0. The average molecular weight is 481 g/mol. The third kappa shape index (κ3) is 4.86. The standard InChI is InChI=1S/C24H28N6O3S/c1-6-30(7-2)18-11-8-16(9-12-18)23-26-27-24(29(23)3)34-15-21-25-22(28-33-21)17-10-13-19(31-4)20(14-17)32-5/h8-14H,6-7,15H2,1-5H3. The SMILES string of the molecule is CCN(CC)c1ccc(-c2nnc(SCc3nc(-c4ccc(OC)c(OC)c4)no3)n2C)cc1. The van der Waals surface area contributed by atoms with Gasteiger partial charge in [-0.3, -0.25) is 0 Å². The molecule has 2 aromatic heterocycles. The molecule has 4 rings (SSSR count). The molecule has 0 spiro atoms. The van der Waals surface area contributed by atoms with Gasteiger partial charge in [-0.25, -0.2) is 0 Å². The molecule has 0 amide bonds. The molecule has 0 radical (unpaired) electrons. The third-order valence-corrected chi connectivity index (χ3v) is 6.53. The van der Waals surface area contributed by atoms with Crippen molar-refractivity contribution in [3.63, 3.8) is 0 Å². The summed E-state index contributed by atoms with van der Waals surface area (Å²) in [4.78, 5) is 6.81. The topological polar surface area (TPSA) is 91.3 Å². The number of methoxy groups -OCH3 is 2. The first-order chi connectivity index (χ1) is 16.6. The number of anilines is 1. The molecule has 2 aromatic carbocycles. The third-order valence-electron chi connectivity index (χ3n) is 5.52. The van der Waals surface area contributed by atoms with Crippen LogP contribution in [0.4, 0.5) is 5.69 Å². The van der Waals surface area contributed by atoms with Crippen molar-refractivity contribution in [2.24, 2.45) is 7.05 Å². The highest BCUT2D eigenvalue weighted by molar-refractivity contribution is 7.98. The van der Waals surface area contributed by atoms with Gasteiger partial charge in [0.05, 0.1) is 20.0 Å². The smallest absolute Gasteiger partial charge is 0.237 e. The van der Waals surface area contributed by atoms with Gasteiger partial charge in [0.2, 0.25) is 11.7 Å². The monoisotopic (exact) mass is 480 g/mol. The van der Waals surface area contributed by atoms with Crippen LogP contribution in [0.25, 0.3) is 22.8 Å². The lowest BCUT2D eigenvalue weighted by molar-refractivity contribution is 0.355. The van der Waals surface area contributed by atoms with Crippen LogP contribution in [0.15, 0.2) is 52.1 Å². The summed E-state index contributed by atoms with van der Waals surface area (Å²) in [6.45, 7) is 6.27. The molecule has 0 atom stereocenters. The van der Waals surface area contributed by atoms with Gasteiger partial charge in [-0.1, -0.05) is 16.9 Å². The van der Waals surface area contributed by atoms with Crippen LogP contribution >= 0.6 is 11.8 Å². The molecule has 0 bridgehead atoms. The quantitative estimate of drug-likeness (QED) is 0.300. The van der Waals surface area contributed by atoms with E-state index in [1.807, 2.05) is 29.8 Å². The maximum Gasteiger partial charge on any atom is 0.237 e. The van der Waals surface area contributed by atoms with Gasteiger partial charge in [0.15, 0.2) is 22.5 Å². The molecule has 0 aliphatic carbocycles. The number of hydrogen-bond acceptors (Lipinski definition) is 9. The highest BCUT2D eigenvalue weighted by Gasteiger charge is 2.16. The molecule has 2 heterocycles. The highest BCUT2D eigenvalue weighted by Crippen LogP contribution is 2.32. The Morgan fingerprint density at radius 1 is 0.941 bits per heavy atom. The second-order valence-corrected chi connectivity index (χ2v) is 8.40. The second-order valence-electron chi connectivity index (χ2n) is 7.45. The molecule has 0 fully saturated rings. The van der Waals surface area contributed by atoms with Crippen LogP contribution in [0.1, 0.15) is 19.7 Å². The Kier molecular flexibility index (Phi) is 7.36. The summed E-state index contributed by atoms with van der Waals surface area (Å²) in [7, 11) is 5.15. The van der Waals surface area contributed by atoms with Gasteiger partial charge < -0.3 is 23.5 Å². The van der Waals surface area contributed by atoms with Crippen LogP contribution in [0.5, 0.6) is 11.5 Å². The molecule has 178 valence electrons. The summed E-state index contributed by atoms with van der Waals surface area (Å²) >= 11 is 1.49. The summed E-state index contributed by atoms with van der Waals surface area (Å²) in [6.07, 6.45) is 0. The molecule has 0 unspecified atom stereocenters. The Hall–Kier alpha value is -3.53. The van der Waals surface area contributed by atoms with Gasteiger partial charge in [-0.15, -0.1) is 10.2 Å². The second kappa shape index (κ2) is 10.6. The molecule has 0 N–H and O–H groups in total. The van der Waals surface area contributed by atoms with Crippen molar-refractivity contribution in [1.82, 2.24) is 24.9 Å². The van der Waals surface area contributed by atoms with Crippen LogP contribution in [0, 0.1) is 0 Å². The van der Waals surface area contributed by atoms with E-state index >= 15 is 0 Å². The zero-order valence-corrected chi connectivity index (χ0v) is 20.8. The molecular weight excluding hydrogens is 452 g/mol. The van der Waals surface area contributed by atoms with Crippen LogP contribution in [0.3, 0.4) is 0 Å². The largest absolute Gasteiger partial charge is 0.493 e. The first kappa shape index (κ1) is 23.6. The number of thioether (sulfide) groups is 1. The lowest BCUT2D eigenvalue weighted by atomic mass is 10.2. The van der Waals surface area contributed by atoms with E-state index in [4.69, 9.17) is 14.0 Å². The summed E-state index contributed by atoms with van der Waals surface area (Å²) in [5.74, 6) is 3.54. The first-order valence-electron chi connectivity index (χ1n) is 11.0. The Bertz CT molecular complexity index is 1230. The normalized spacial score (nSPS) is 11.0. The van der Waals surface area contributed by atoms with E-state index in [2.05, 4.69) is 63.4 Å². The van der Waals surface area contributed by atoms with E-state index in [0.717, 1.165) is 35.2 Å². The maximum absolute atomic E-state index is 5.44. The first-order valence-corrected chi connectivity index (χ1v) is 12.0. The number of rotatable bonds is 10. The van der Waals surface area contributed by atoms with Gasteiger partial charge in [0, 0.05) is 37.0 Å². The van der Waals surface area contributed by atoms with E-state index in [9.17, 15) is 0 Å². The minimum absolute atomic E-state index is 0.479. The maximum atomic E-state index is 5.44. The Labute approximate surface area is 203 Å². The summed E-state index contributed by atoms with van der Waals surface area (Å²) in [5, 5.41) is 13.6. The lowest BCUT2D eigenvalue weighted by Crippen LogP contribution is -2.21. The fourth-order valence-corrected chi connectivity index (χ4v) is 4.38. The van der Waals surface area contributed by atoms with E-state index in [1.54, 1.807) is 14.2 Å². The summed E-state index contributed by atoms with van der Waals surface area (Å²) < 4.78 is 18.1. The van der Waals surface area contributed by atoms with Crippen molar-refractivity contribution < 1.29 is 14.0 Å². The van der Waals surface area contributed by atoms with Gasteiger partial charge in [-0.05, 0) is 56.3 Å². The van der Waals surface area contributed by atoms with Gasteiger partial charge >= 0.3 is 0 Å². The number of ether oxygens (including phenoxy) is 2. The average Bonchev–Trinajstić information content (AvgIpc) is 3.50. The van der Waals surface area contributed by atoms with Gasteiger partial charge in [-0.2, -0.15) is 4.98 Å². The van der Waals surface area contributed by atoms with Crippen molar-refractivity contribution in [1.29, 1.82) is 0 Å². The molecule has 0 saturated carbocycles. The Morgan fingerprint density at radius 2 is 1.65 bits per heavy atom. The van der Waals surface area contributed by atoms with Crippen molar-refractivity contribution >= 4 is 17.4 Å². The number of aromatic nitrogens is 5. The zero-order valence-electron chi connectivity index (χ0n) is 20.0. The van der Waals surface area contributed by atoms with E-state index in [1.165, 1.54) is 17.4 Å². The molecular formula is C24H28N6O3S. The highest BCUT2D eigenvalue weighted by atomic mass is 32.2. The van der Waals surface area contributed by atoms with Crippen molar-refractivity contribution in [3.8, 4) is 34.3 Å². The van der Waals surface area contributed by atoms with Gasteiger partial charge in [0.25, 0.3) is 0 Å². The van der Waals surface area contributed by atoms with Crippen LogP contribution in [0.2, 0.25) is 0 Å². The molecule has 0 saturated heterocycles. The molecule has 34 heavy (non-hydrogen) atoms. The van der Waals surface area contributed by atoms with Crippen molar-refractivity contribution in [3.05, 3.63) is 48.4 Å². The molecule has 9 nitrogen and oxygen atoms in total. The fourth-order valence-electron chi connectivity index (χ4n) is 3.63. The summed E-state index contributed by atoms with van der Waals surface area (Å²) in [6, 6.07) is 13.9. The lowest BCUT2D eigenvalue weighted by Gasteiger charge is -2.21. The molecule has 4 aromatic rings. The predicted molar refractivity (Wildman–Crippen MR) is 132 cm³/mol. The molecule has 10 heteroatoms. The summed E-state index contributed by atoms with van der Waals surface area (Å²) in [5.41, 5.74) is 3.00. The predicted octanol–water partition coefficient (Wildman–Crippen LogP) is 4.69. The van der Waals surface area contributed by atoms with E-state index in [-0.39, 0.29) is 0 Å². The number of nitrogens with zero attached hydrogens (tertiary/aromatic N) is 6. The van der Waals surface area contributed by atoms with E-state index in [0.29, 0.717) is 29.0 Å². The Balaban J connectivity index is 1.44. The van der Waals surface area contributed by atoms with E-state index < -0.39 is 0 Å². The Morgan fingerprint density at radius 3 is 2.32 bits per heavy atom. The fraction of sp³-hybridized carbons (Fsp3) is 0.333. The zero-order chi connectivity index (χ0) is 24.1. The molecule has 0 aliphatic rings. The minimum atomic E-state index is 0.479.